The second-order valence-electron chi connectivity index (χ2n) is 4.42. The molecule has 104 valence electrons. The Bertz CT molecular complexity index is 555. The van der Waals surface area contributed by atoms with Gasteiger partial charge in [0.2, 0.25) is 0 Å². The number of para-hydroxylation sites is 1. The zero-order chi connectivity index (χ0) is 14.2. The normalized spacial score (nSPS) is 10.1. The Labute approximate surface area is 118 Å². The van der Waals surface area contributed by atoms with E-state index in [1.165, 1.54) is 0 Å². The molecule has 0 atom stereocenters. The first-order chi connectivity index (χ1) is 9.78. The molecule has 0 radical (unpaired) electrons. The van der Waals surface area contributed by atoms with Crippen molar-refractivity contribution in [3.63, 3.8) is 0 Å². The topological polar surface area (TPSA) is 64.3 Å². The smallest absolute Gasteiger partial charge is 0.410 e. The van der Waals surface area contributed by atoms with E-state index in [1.54, 1.807) is 12.1 Å². The summed E-state index contributed by atoms with van der Waals surface area (Å²) in [6.07, 6.45) is 1.34. The summed E-state index contributed by atoms with van der Waals surface area (Å²) in [4.78, 5) is 11.8. The molecular formula is C16H18N2O2. The average Bonchev–Trinajstić information content (AvgIpc) is 2.46. The van der Waals surface area contributed by atoms with E-state index < -0.39 is 6.09 Å². The fraction of sp³-hybridized carbons (Fsp3) is 0.188. The molecule has 2 rings (SSSR count). The van der Waals surface area contributed by atoms with Crippen LogP contribution in [-0.2, 0) is 6.42 Å². The largest absolute Gasteiger partial charge is 0.417 e. The van der Waals surface area contributed by atoms with E-state index in [4.69, 9.17) is 10.5 Å². The number of amides is 1. The summed E-state index contributed by atoms with van der Waals surface area (Å²) in [5.74, 6) is 0.518. The third-order valence-corrected chi connectivity index (χ3v) is 2.80. The minimum Gasteiger partial charge on any atom is -0.410 e. The lowest BCUT2D eigenvalue weighted by Gasteiger charge is -2.08. The first-order valence-corrected chi connectivity index (χ1v) is 6.61. The van der Waals surface area contributed by atoms with Crippen LogP contribution in [0.5, 0.6) is 5.75 Å². The van der Waals surface area contributed by atoms with Gasteiger partial charge in [0, 0.05) is 5.69 Å². The molecule has 0 saturated heterocycles. The van der Waals surface area contributed by atoms with Gasteiger partial charge >= 0.3 is 6.09 Å². The molecule has 0 bridgehead atoms. The summed E-state index contributed by atoms with van der Waals surface area (Å²) >= 11 is 0. The van der Waals surface area contributed by atoms with Crippen LogP contribution in [-0.4, -0.2) is 12.6 Å². The Kier molecular flexibility index (Phi) is 5.15. The van der Waals surface area contributed by atoms with Crippen molar-refractivity contribution in [2.24, 2.45) is 5.73 Å². The first kappa shape index (κ1) is 14.1. The molecule has 2 aromatic carbocycles. The number of nitrogens with one attached hydrogen (secondary N) is 1. The predicted molar refractivity (Wildman–Crippen MR) is 79.9 cm³/mol. The number of aryl methyl sites for hydroxylation is 1. The zero-order valence-electron chi connectivity index (χ0n) is 11.2. The van der Waals surface area contributed by atoms with Crippen molar-refractivity contribution in [2.75, 3.05) is 11.9 Å². The second-order valence-corrected chi connectivity index (χ2v) is 4.42. The van der Waals surface area contributed by atoms with Gasteiger partial charge in [0.05, 0.1) is 0 Å². The van der Waals surface area contributed by atoms with Gasteiger partial charge in [0.1, 0.15) is 5.75 Å². The number of benzene rings is 2. The van der Waals surface area contributed by atoms with E-state index in [0.717, 1.165) is 24.1 Å². The van der Waals surface area contributed by atoms with Crippen LogP contribution in [0.1, 0.15) is 12.0 Å². The van der Waals surface area contributed by atoms with E-state index in [0.29, 0.717) is 12.3 Å². The van der Waals surface area contributed by atoms with Gasteiger partial charge in [-0.25, -0.2) is 4.79 Å². The maximum Gasteiger partial charge on any atom is 0.417 e. The van der Waals surface area contributed by atoms with Crippen LogP contribution >= 0.6 is 0 Å². The highest BCUT2D eigenvalue weighted by Crippen LogP contribution is 2.14. The van der Waals surface area contributed by atoms with Gasteiger partial charge in [0.15, 0.2) is 0 Å². The molecule has 2 aromatic rings. The van der Waals surface area contributed by atoms with Crippen LogP contribution in [0.25, 0.3) is 0 Å². The van der Waals surface area contributed by atoms with E-state index >= 15 is 0 Å². The Morgan fingerprint density at radius 3 is 2.65 bits per heavy atom. The number of carbonyl (C=O) groups excluding carboxylic acids is 1. The van der Waals surface area contributed by atoms with Crippen molar-refractivity contribution in [1.29, 1.82) is 0 Å². The van der Waals surface area contributed by atoms with Crippen molar-refractivity contribution in [3.05, 3.63) is 60.2 Å². The van der Waals surface area contributed by atoms with Crippen molar-refractivity contribution in [2.45, 2.75) is 12.8 Å². The molecule has 0 fully saturated rings. The summed E-state index contributed by atoms with van der Waals surface area (Å²) in [6, 6.07) is 16.7. The lowest BCUT2D eigenvalue weighted by molar-refractivity contribution is 0.215. The van der Waals surface area contributed by atoms with Gasteiger partial charge in [-0.2, -0.15) is 0 Å². The molecule has 0 aliphatic rings. The monoisotopic (exact) mass is 270 g/mol. The number of anilines is 1. The van der Waals surface area contributed by atoms with Crippen LogP contribution in [0.2, 0.25) is 0 Å². The number of rotatable bonds is 5. The van der Waals surface area contributed by atoms with Gasteiger partial charge in [-0.15, -0.1) is 0 Å². The molecule has 0 unspecified atom stereocenters. The van der Waals surface area contributed by atoms with Crippen LogP contribution < -0.4 is 15.8 Å². The Morgan fingerprint density at radius 1 is 1.10 bits per heavy atom. The molecule has 0 spiro atoms. The molecule has 0 heterocycles. The molecule has 4 heteroatoms. The number of nitrogens with two attached hydrogens (primary N) is 1. The lowest BCUT2D eigenvalue weighted by atomic mass is 10.1. The molecule has 0 aliphatic carbocycles. The third kappa shape index (κ3) is 4.40. The summed E-state index contributed by atoms with van der Waals surface area (Å²) < 4.78 is 5.17. The number of carbonyl (C=O) groups is 1. The standard InChI is InChI=1S/C16H18N2O2/c17-11-5-7-13-6-4-8-14(12-13)18-16(19)20-15-9-2-1-3-10-15/h1-4,6,8-10,12H,5,7,11,17H2,(H,18,19). The van der Waals surface area contributed by atoms with Gasteiger partial charge in [0.25, 0.3) is 0 Å². The number of hydrogen-bond acceptors (Lipinski definition) is 3. The molecule has 20 heavy (non-hydrogen) atoms. The summed E-state index contributed by atoms with van der Waals surface area (Å²) in [5, 5.41) is 2.71. The van der Waals surface area contributed by atoms with Crippen molar-refractivity contribution >= 4 is 11.8 Å². The molecular weight excluding hydrogens is 252 g/mol. The lowest BCUT2D eigenvalue weighted by Crippen LogP contribution is -2.16. The minimum atomic E-state index is -0.493. The predicted octanol–water partition coefficient (Wildman–Crippen LogP) is 3.19. The molecule has 1 amide bonds. The van der Waals surface area contributed by atoms with E-state index in [2.05, 4.69) is 5.32 Å². The van der Waals surface area contributed by atoms with Crippen LogP contribution in [0, 0.1) is 0 Å². The highest BCUT2D eigenvalue weighted by molar-refractivity contribution is 5.86. The van der Waals surface area contributed by atoms with Crippen molar-refractivity contribution < 1.29 is 9.53 Å². The van der Waals surface area contributed by atoms with Crippen molar-refractivity contribution in [3.8, 4) is 5.75 Å². The number of ether oxygens (including phenoxy) is 1. The Hall–Kier alpha value is -2.33. The molecule has 0 aliphatic heterocycles. The van der Waals surface area contributed by atoms with E-state index in [1.807, 2.05) is 42.5 Å². The van der Waals surface area contributed by atoms with Crippen molar-refractivity contribution in [1.82, 2.24) is 0 Å². The van der Waals surface area contributed by atoms with Crippen LogP contribution in [0.3, 0.4) is 0 Å². The Balaban J connectivity index is 1.94. The van der Waals surface area contributed by atoms with Gasteiger partial charge in [-0.3, -0.25) is 5.32 Å². The molecule has 0 aromatic heterocycles. The van der Waals surface area contributed by atoms with E-state index in [-0.39, 0.29) is 0 Å². The summed E-state index contributed by atoms with van der Waals surface area (Å²) in [5.41, 5.74) is 7.36. The maximum atomic E-state index is 11.8. The highest BCUT2D eigenvalue weighted by Gasteiger charge is 2.05. The third-order valence-electron chi connectivity index (χ3n) is 2.80. The van der Waals surface area contributed by atoms with E-state index in [9.17, 15) is 4.79 Å². The Morgan fingerprint density at radius 2 is 1.90 bits per heavy atom. The number of hydrogen-bond donors (Lipinski definition) is 2. The van der Waals surface area contributed by atoms with Gasteiger partial charge in [-0.1, -0.05) is 30.3 Å². The minimum absolute atomic E-state index is 0.493. The van der Waals surface area contributed by atoms with Gasteiger partial charge in [-0.05, 0) is 49.2 Å². The first-order valence-electron chi connectivity index (χ1n) is 6.61. The molecule has 4 nitrogen and oxygen atoms in total. The SMILES string of the molecule is NCCCc1cccc(NC(=O)Oc2ccccc2)c1. The summed E-state index contributed by atoms with van der Waals surface area (Å²) in [6.45, 7) is 0.660. The molecule has 0 saturated carbocycles. The fourth-order valence-electron chi connectivity index (χ4n) is 1.85. The highest BCUT2D eigenvalue weighted by atomic mass is 16.6. The second kappa shape index (κ2) is 7.31. The molecule has 3 N–H and O–H groups in total. The quantitative estimate of drug-likeness (QED) is 0.877. The van der Waals surface area contributed by atoms with Crippen LogP contribution in [0.4, 0.5) is 10.5 Å². The zero-order valence-corrected chi connectivity index (χ0v) is 11.2. The van der Waals surface area contributed by atoms with Gasteiger partial charge < -0.3 is 10.5 Å². The fourth-order valence-corrected chi connectivity index (χ4v) is 1.85. The average molecular weight is 270 g/mol. The summed E-state index contributed by atoms with van der Waals surface area (Å²) in [7, 11) is 0. The van der Waals surface area contributed by atoms with Crippen LogP contribution in [0.15, 0.2) is 54.6 Å². The maximum absolute atomic E-state index is 11.8.